The number of hydrogen-bond acceptors (Lipinski definition) is 12. The largest absolute Gasteiger partial charge is 4.00 e. The van der Waals surface area contributed by atoms with Crippen LogP contribution in [-0.2, 0) is 127 Å². The molecule has 0 radical (unpaired) electrons. The molecule has 0 spiro atoms. The average molecular weight is 1010 g/mol. The summed E-state index contributed by atoms with van der Waals surface area (Å²) in [4.78, 5) is 0. The second kappa shape index (κ2) is 26.6. The molecule has 96 valence electrons. The zero-order valence-corrected chi connectivity index (χ0v) is 22.5. The molecule has 0 aromatic heterocycles. The predicted octanol–water partition coefficient (Wildman–Crippen LogP) is -5.72. The summed E-state index contributed by atoms with van der Waals surface area (Å²) in [5, 5.41) is 0. The molecule has 0 N–H and O–H groups in total. The molecule has 0 aromatic carbocycles. The van der Waals surface area contributed by atoms with Crippen LogP contribution in [-0.4, -0.2) is 0 Å². The van der Waals surface area contributed by atoms with Crippen LogP contribution < -0.4 is 14.5 Å². The van der Waals surface area contributed by atoms with Gasteiger partial charge < -0.3 is 0 Å². The van der Waals surface area contributed by atoms with E-state index in [1.165, 1.54) is 0 Å². The van der Waals surface area contributed by atoms with E-state index >= 15 is 0 Å². The summed E-state index contributed by atoms with van der Waals surface area (Å²) in [7, 11) is 0. The van der Waals surface area contributed by atoms with Gasteiger partial charge in [0, 0.05) is 0 Å². The van der Waals surface area contributed by atoms with Gasteiger partial charge >= 0.3 is 142 Å². The fourth-order valence-electron chi connectivity index (χ4n) is 0. The Balaban J connectivity index is -0.0000000369. The molecule has 0 aromatic rings. The summed E-state index contributed by atoms with van der Waals surface area (Å²) in [5.41, 5.74) is 0. The third-order valence-corrected chi connectivity index (χ3v) is 0. The Morgan fingerprint density at radius 2 is 0.412 bits per heavy atom. The topological polar surface area (TPSA) is 229 Å². The third kappa shape index (κ3) is 1080. The normalized spacial score (nSPS) is 5.88. The minimum absolute atomic E-state index is 0. The van der Waals surface area contributed by atoms with Gasteiger partial charge in [0.25, 0.3) is 0 Å². The first-order valence-electron chi connectivity index (χ1n) is 2.19. The van der Waals surface area contributed by atoms with Crippen molar-refractivity contribution in [1.82, 2.24) is 0 Å². The second-order valence-electron chi connectivity index (χ2n) is 0.894. The Kier molecular flexibility index (Phi) is 49.2. The van der Waals surface area contributed by atoms with Crippen LogP contribution >= 0.6 is 0 Å². The maximum absolute atomic E-state index is 8.62. The van der Waals surface area contributed by atoms with Crippen molar-refractivity contribution in [1.29, 1.82) is 0 Å². The van der Waals surface area contributed by atoms with Crippen LogP contribution in [0.4, 0.5) is 0 Å². The van der Waals surface area contributed by atoms with Gasteiger partial charge in [-0.15, -0.1) is 0 Å². The van der Waals surface area contributed by atoms with Gasteiger partial charge in [0.1, 0.15) is 0 Å². The van der Waals surface area contributed by atoms with E-state index in [1.807, 2.05) is 0 Å². The van der Waals surface area contributed by atoms with Crippen LogP contribution in [0.3, 0.4) is 0 Å². The molecule has 0 aliphatic heterocycles. The summed E-state index contributed by atoms with van der Waals surface area (Å²) < 4.78 is 103. The van der Waals surface area contributed by atoms with Crippen molar-refractivity contribution >= 4 is 0 Å². The average Bonchev–Trinajstić information content (AvgIpc) is 1.76. The third-order valence-electron chi connectivity index (χ3n) is 0. The van der Waals surface area contributed by atoms with Gasteiger partial charge in [-0.25, -0.2) is 0 Å². The molecule has 0 saturated carbocycles. The Morgan fingerprint density at radius 3 is 0.412 bits per heavy atom. The van der Waals surface area contributed by atoms with E-state index in [9.17, 15) is 0 Å². The van der Waals surface area contributed by atoms with E-state index in [4.69, 9.17) is 40.5 Å². The maximum Gasteiger partial charge on any atom is 4.00 e. The zero-order chi connectivity index (χ0) is 14.3. The Morgan fingerprint density at radius 1 is 0.412 bits per heavy atom. The Labute approximate surface area is 139 Å². The van der Waals surface area contributed by atoms with E-state index in [0.717, 1.165) is 0 Å². The smallest absolute Gasteiger partial charge is 4.00 e. The van der Waals surface area contributed by atoms with Crippen molar-refractivity contribution in [3.05, 3.63) is 0 Å². The van der Waals surface area contributed by atoms with E-state index in [-0.39, 0.29) is 26.2 Å². The van der Waals surface area contributed by atoms with Gasteiger partial charge in [-0.2, -0.15) is 0 Å². The first-order valence-corrected chi connectivity index (χ1v) is 17.9. The minimum Gasteiger partial charge on any atom is 4.00 e. The molecule has 17 heteroatoms. The van der Waals surface area contributed by atoms with Gasteiger partial charge in [-0.1, -0.05) is 0 Å². The molecule has 0 unspecified atom stereocenters. The summed E-state index contributed by atoms with van der Waals surface area (Å²) >= 11 is -17.4. The predicted molar refractivity (Wildman–Crippen MR) is 5.49 cm³/mol. The molecule has 0 bridgehead atoms. The van der Waals surface area contributed by atoms with Crippen LogP contribution in [0, 0.1) is 0 Å². The molecule has 0 saturated heterocycles. The van der Waals surface area contributed by atoms with E-state index in [0.29, 0.717) is 0 Å². The molecule has 0 aliphatic carbocycles. The van der Waals surface area contributed by atoms with Crippen molar-refractivity contribution < 1.29 is 142 Å². The fraction of sp³-hybridized carbons (Fsp3) is 0. The van der Waals surface area contributed by atoms with Crippen LogP contribution in [0.25, 0.3) is 0 Å². The molecular formula is O12Ta4Zr. The van der Waals surface area contributed by atoms with Crippen LogP contribution in [0.2, 0.25) is 0 Å². The molecule has 0 atom stereocenters. The van der Waals surface area contributed by atoms with E-state index in [1.54, 1.807) is 0 Å². The van der Waals surface area contributed by atoms with E-state index in [2.05, 4.69) is 0 Å². The molecule has 17 heavy (non-hydrogen) atoms. The molecule has 0 amide bonds. The Hall–Kier alpha value is 2.08. The van der Waals surface area contributed by atoms with Gasteiger partial charge in [-0.05, 0) is 0 Å². The van der Waals surface area contributed by atoms with Gasteiger partial charge in [0.15, 0.2) is 0 Å². The molecule has 0 fully saturated rings. The minimum atomic E-state index is -4.34. The van der Waals surface area contributed by atoms with Crippen molar-refractivity contribution in [2.24, 2.45) is 0 Å². The SMILES string of the molecule is [O]=[Ta](=[O])[O-].[O]=[Ta](=[O])[O-].[O]=[Ta](=[O])[O-].[O]=[Ta](=[O])[O-].[Zr+4]. The number of rotatable bonds is 0. The first kappa shape index (κ1) is 31.5. The second-order valence-corrected chi connectivity index (χ2v) is 7.32. The summed E-state index contributed by atoms with van der Waals surface area (Å²) in [6.07, 6.45) is 0. The maximum atomic E-state index is 8.62. The molecular weight excluding hydrogens is 1010 g/mol. The Bertz CT molecular complexity index is 292. The zero-order valence-electron chi connectivity index (χ0n) is 7.19. The van der Waals surface area contributed by atoms with Gasteiger partial charge in [0.2, 0.25) is 0 Å². The van der Waals surface area contributed by atoms with Crippen LogP contribution in [0.1, 0.15) is 0 Å². The monoisotopic (exact) mass is 1010 g/mol. The summed E-state index contributed by atoms with van der Waals surface area (Å²) in [5.74, 6) is 0. The van der Waals surface area contributed by atoms with Crippen molar-refractivity contribution in [2.75, 3.05) is 0 Å². The fourth-order valence-corrected chi connectivity index (χ4v) is 0. The molecule has 12 nitrogen and oxygen atoms in total. The van der Waals surface area contributed by atoms with Gasteiger partial charge in [-0.3, -0.25) is 0 Å². The van der Waals surface area contributed by atoms with Crippen LogP contribution in [0.5, 0.6) is 0 Å². The van der Waals surface area contributed by atoms with Crippen molar-refractivity contribution in [2.45, 2.75) is 0 Å². The molecule has 0 heterocycles. The van der Waals surface area contributed by atoms with Crippen LogP contribution in [0.15, 0.2) is 0 Å². The standard InChI is InChI=1S/12O.4Ta.Zr/q;;;;;;;;4*-1;;;;;+4. The summed E-state index contributed by atoms with van der Waals surface area (Å²) in [6, 6.07) is 0. The first-order chi connectivity index (χ1) is 6.93. The van der Waals surface area contributed by atoms with Gasteiger partial charge in [0.05, 0.1) is 0 Å². The number of hydrogen-bond donors (Lipinski definition) is 0. The van der Waals surface area contributed by atoms with E-state index < -0.39 is 75.1 Å². The molecule has 0 rings (SSSR count). The summed E-state index contributed by atoms with van der Waals surface area (Å²) in [6.45, 7) is 0. The van der Waals surface area contributed by atoms with Crippen molar-refractivity contribution in [3.63, 3.8) is 0 Å². The molecule has 0 aliphatic rings. The van der Waals surface area contributed by atoms with Crippen molar-refractivity contribution in [3.8, 4) is 0 Å². The quantitative estimate of drug-likeness (QED) is 0.221.